The second kappa shape index (κ2) is 8.58. The van der Waals surface area contributed by atoms with Gasteiger partial charge in [0.05, 0.1) is 12.2 Å². The van der Waals surface area contributed by atoms with Crippen LogP contribution in [0.1, 0.15) is 22.6 Å². The molecule has 28 heavy (non-hydrogen) atoms. The van der Waals surface area contributed by atoms with E-state index in [1.165, 1.54) is 11.1 Å². The number of aromatic nitrogens is 4. The lowest BCUT2D eigenvalue weighted by atomic mass is 10.2. The van der Waals surface area contributed by atoms with Crippen LogP contribution in [0, 0.1) is 13.8 Å². The number of anilines is 2. The standard InChI is InChI=1S/C21H21N5S2/c1-15-8-6-7-11-19(15)23-20-22-18(13-27-20)14-28-21-25-24-16(2)26(21)12-17-9-4-3-5-10-17/h3-11,13H,12,14H2,1-2H3,(H,22,23). The molecule has 0 bridgehead atoms. The van der Waals surface area contributed by atoms with Crippen molar-refractivity contribution in [3.8, 4) is 0 Å². The zero-order valence-electron chi connectivity index (χ0n) is 15.8. The first-order valence-corrected chi connectivity index (χ1v) is 10.9. The Balaban J connectivity index is 1.42. The van der Waals surface area contributed by atoms with Crippen molar-refractivity contribution < 1.29 is 0 Å². The molecule has 142 valence electrons. The largest absolute Gasteiger partial charge is 0.331 e. The molecule has 2 aromatic carbocycles. The molecule has 0 saturated carbocycles. The van der Waals surface area contributed by atoms with Crippen molar-refractivity contribution in [2.75, 3.05) is 5.32 Å². The molecular weight excluding hydrogens is 386 g/mol. The molecule has 0 atom stereocenters. The highest BCUT2D eigenvalue weighted by Gasteiger charge is 2.12. The Bertz CT molecular complexity index is 1060. The molecule has 4 aromatic rings. The highest BCUT2D eigenvalue weighted by atomic mass is 32.2. The summed E-state index contributed by atoms with van der Waals surface area (Å²) in [6.07, 6.45) is 0. The molecule has 2 heterocycles. The molecule has 0 saturated heterocycles. The first kappa shape index (κ1) is 18.7. The number of hydrogen-bond acceptors (Lipinski definition) is 6. The van der Waals surface area contributed by atoms with Crippen molar-refractivity contribution >= 4 is 33.9 Å². The van der Waals surface area contributed by atoms with Gasteiger partial charge in [0, 0.05) is 16.8 Å². The number of aryl methyl sites for hydroxylation is 2. The molecule has 0 aliphatic rings. The van der Waals surface area contributed by atoms with E-state index in [4.69, 9.17) is 4.98 Å². The van der Waals surface area contributed by atoms with Crippen LogP contribution in [-0.2, 0) is 12.3 Å². The van der Waals surface area contributed by atoms with Gasteiger partial charge in [0.25, 0.3) is 0 Å². The highest BCUT2D eigenvalue weighted by molar-refractivity contribution is 7.98. The molecule has 0 radical (unpaired) electrons. The van der Waals surface area contributed by atoms with Gasteiger partial charge in [-0.15, -0.1) is 21.5 Å². The summed E-state index contributed by atoms with van der Waals surface area (Å²) >= 11 is 3.29. The van der Waals surface area contributed by atoms with Crippen LogP contribution in [0.25, 0.3) is 0 Å². The van der Waals surface area contributed by atoms with E-state index in [-0.39, 0.29) is 0 Å². The van der Waals surface area contributed by atoms with Crippen LogP contribution in [0.3, 0.4) is 0 Å². The Morgan fingerprint density at radius 3 is 2.61 bits per heavy atom. The number of para-hydroxylation sites is 1. The summed E-state index contributed by atoms with van der Waals surface area (Å²) < 4.78 is 2.15. The van der Waals surface area contributed by atoms with Crippen molar-refractivity contribution in [3.63, 3.8) is 0 Å². The zero-order chi connectivity index (χ0) is 19.3. The monoisotopic (exact) mass is 407 g/mol. The number of rotatable bonds is 7. The smallest absolute Gasteiger partial charge is 0.191 e. The van der Waals surface area contributed by atoms with E-state index in [2.05, 4.69) is 68.8 Å². The Hall–Kier alpha value is -2.64. The topological polar surface area (TPSA) is 55.6 Å². The van der Waals surface area contributed by atoms with Gasteiger partial charge in [-0.1, -0.05) is 60.3 Å². The Morgan fingerprint density at radius 1 is 1.00 bits per heavy atom. The third kappa shape index (κ3) is 4.43. The molecule has 0 aliphatic heterocycles. The molecule has 0 fully saturated rings. The van der Waals surface area contributed by atoms with E-state index in [9.17, 15) is 0 Å². The van der Waals surface area contributed by atoms with Crippen molar-refractivity contribution in [3.05, 3.63) is 82.6 Å². The predicted molar refractivity (Wildman–Crippen MR) is 116 cm³/mol. The van der Waals surface area contributed by atoms with Gasteiger partial charge >= 0.3 is 0 Å². The van der Waals surface area contributed by atoms with Gasteiger partial charge in [-0.2, -0.15) is 0 Å². The summed E-state index contributed by atoms with van der Waals surface area (Å²) in [4.78, 5) is 4.71. The third-order valence-electron chi connectivity index (χ3n) is 4.37. The van der Waals surface area contributed by atoms with Crippen LogP contribution in [-0.4, -0.2) is 19.7 Å². The summed E-state index contributed by atoms with van der Waals surface area (Å²) in [5.41, 5.74) is 4.58. The van der Waals surface area contributed by atoms with Crippen molar-refractivity contribution in [1.82, 2.24) is 19.7 Å². The number of nitrogens with zero attached hydrogens (tertiary/aromatic N) is 4. The van der Waals surface area contributed by atoms with Crippen LogP contribution < -0.4 is 5.32 Å². The number of benzene rings is 2. The number of hydrogen-bond donors (Lipinski definition) is 1. The fraction of sp³-hybridized carbons (Fsp3) is 0.190. The molecule has 0 spiro atoms. The maximum atomic E-state index is 4.71. The molecule has 4 rings (SSSR count). The second-order valence-corrected chi connectivity index (χ2v) is 8.27. The van der Waals surface area contributed by atoms with E-state index in [1.807, 2.05) is 25.1 Å². The van der Waals surface area contributed by atoms with E-state index in [0.29, 0.717) is 0 Å². The van der Waals surface area contributed by atoms with Gasteiger partial charge in [-0.05, 0) is 31.0 Å². The average Bonchev–Trinajstić information content (AvgIpc) is 3.30. The molecular formula is C21H21N5S2. The maximum Gasteiger partial charge on any atom is 0.191 e. The van der Waals surface area contributed by atoms with Crippen LogP contribution in [0.2, 0.25) is 0 Å². The summed E-state index contributed by atoms with van der Waals surface area (Å²) in [6.45, 7) is 4.86. The average molecular weight is 408 g/mol. The van der Waals surface area contributed by atoms with Crippen molar-refractivity contribution in [1.29, 1.82) is 0 Å². The van der Waals surface area contributed by atoms with Crippen LogP contribution in [0.15, 0.2) is 65.1 Å². The minimum Gasteiger partial charge on any atom is -0.331 e. The third-order valence-corrected chi connectivity index (χ3v) is 6.18. The van der Waals surface area contributed by atoms with Gasteiger partial charge < -0.3 is 9.88 Å². The molecule has 0 amide bonds. The van der Waals surface area contributed by atoms with Gasteiger partial charge in [-0.25, -0.2) is 4.98 Å². The van der Waals surface area contributed by atoms with E-state index in [0.717, 1.165) is 39.8 Å². The molecule has 0 unspecified atom stereocenters. The quantitative estimate of drug-likeness (QED) is 0.414. The van der Waals surface area contributed by atoms with Gasteiger partial charge in [-0.3, -0.25) is 0 Å². The van der Waals surface area contributed by atoms with Crippen LogP contribution in [0.5, 0.6) is 0 Å². The molecule has 2 aromatic heterocycles. The molecule has 7 heteroatoms. The summed E-state index contributed by atoms with van der Waals surface area (Å²) in [6, 6.07) is 18.6. The lowest BCUT2D eigenvalue weighted by Crippen LogP contribution is -2.03. The van der Waals surface area contributed by atoms with E-state index in [1.54, 1.807) is 23.1 Å². The number of nitrogens with one attached hydrogen (secondary N) is 1. The lowest BCUT2D eigenvalue weighted by Gasteiger charge is -2.08. The minimum atomic E-state index is 0.763. The minimum absolute atomic E-state index is 0.763. The summed E-state index contributed by atoms with van der Waals surface area (Å²) in [5.74, 6) is 1.69. The lowest BCUT2D eigenvalue weighted by molar-refractivity contribution is 0.688. The fourth-order valence-corrected chi connectivity index (χ4v) is 4.52. The summed E-state index contributed by atoms with van der Waals surface area (Å²) in [7, 11) is 0. The maximum absolute atomic E-state index is 4.71. The highest BCUT2D eigenvalue weighted by Crippen LogP contribution is 2.27. The summed E-state index contributed by atoms with van der Waals surface area (Å²) in [5, 5.41) is 15.9. The first-order valence-electron chi connectivity index (χ1n) is 9.02. The van der Waals surface area contributed by atoms with Crippen LogP contribution in [0.4, 0.5) is 10.8 Å². The van der Waals surface area contributed by atoms with Crippen molar-refractivity contribution in [2.24, 2.45) is 0 Å². The Kier molecular flexibility index (Phi) is 5.73. The predicted octanol–water partition coefficient (Wildman–Crippen LogP) is 5.44. The normalized spacial score (nSPS) is 10.9. The number of thioether (sulfide) groups is 1. The molecule has 0 aliphatic carbocycles. The van der Waals surface area contributed by atoms with Gasteiger partial charge in [0.1, 0.15) is 5.82 Å². The van der Waals surface area contributed by atoms with Crippen molar-refractivity contribution in [2.45, 2.75) is 31.3 Å². The van der Waals surface area contributed by atoms with Gasteiger partial charge in [0.15, 0.2) is 10.3 Å². The fourth-order valence-electron chi connectivity index (χ4n) is 2.81. The zero-order valence-corrected chi connectivity index (χ0v) is 17.4. The van der Waals surface area contributed by atoms with Gasteiger partial charge in [0.2, 0.25) is 0 Å². The van der Waals surface area contributed by atoms with Crippen LogP contribution >= 0.6 is 23.1 Å². The number of thiazole rings is 1. The van der Waals surface area contributed by atoms with E-state index >= 15 is 0 Å². The molecule has 1 N–H and O–H groups in total. The SMILES string of the molecule is Cc1ccccc1Nc1nc(CSc2nnc(C)n2Cc2ccccc2)cs1. The second-order valence-electron chi connectivity index (χ2n) is 6.47. The first-order chi connectivity index (χ1) is 13.7. The Morgan fingerprint density at radius 2 is 1.79 bits per heavy atom. The van der Waals surface area contributed by atoms with E-state index < -0.39 is 0 Å². The molecule has 5 nitrogen and oxygen atoms in total. The Labute approximate surface area is 172 Å².